The van der Waals surface area contributed by atoms with Crippen molar-refractivity contribution in [3.63, 3.8) is 0 Å². The first-order valence-electron chi connectivity index (χ1n) is 9.45. The van der Waals surface area contributed by atoms with Crippen LogP contribution in [-0.2, 0) is 21.1 Å². The molecular formula is C19H20N6O5S2. The molecule has 32 heavy (non-hydrogen) atoms. The lowest BCUT2D eigenvalue weighted by atomic mass is 10.2. The van der Waals surface area contributed by atoms with Gasteiger partial charge in [0.2, 0.25) is 14.2 Å². The molecular weight excluding hydrogens is 456 g/mol. The second-order valence-corrected chi connectivity index (χ2v) is 11.3. The van der Waals surface area contributed by atoms with Crippen LogP contribution in [0.3, 0.4) is 0 Å². The van der Waals surface area contributed by atoms with Crippen LogP contribution in [0.5, 0.6) is 0 Å². The minimum Gasteiger partial charge on any atom is -0.444 e. The van der Waals surface area contributed by atoms with Gasteiger partial charge in [0, 0.05) is 11.6 Å². The van der Waals surface area contributed by atoms with E-state index in [1.807, 2.05) is 0 Å². The SMILES string of the molecule is CC(C)(C)OC(=O)Nc1cccc(Cn2ncc3c([nH]c4nc(S(C)(=O)=O)sc43)c2=O)n1. The molecule has 168 valence electrons. The van der Waals surface area contributed by atoms with Gasteiger partial charge in [0.15, 0.2) is 5.65 Å². The zero-order valence-electron chi connectivity index (χ0n) is 17.7. The number of carbonyl (C=O) groups is 1. The van der Waals surface area contributed by atoms with E-state index in [0.717, 1.165) is 17.6 Å². The quantitative estimate of drug-likeness (QED) is 0.456. The molecule has 1 amide bonds. The summed E-state index contributed by atoms with van der Waals surface area (Å²) in [7, 11) is -3.45. The molecule has 0 aliphatic carbocycles. The summed E-state index contributed by atoms with van der Waals surface area (Å²) in [6.07, 6.45) is 1.94. The molecule has 13 heteroatoms. The number of hydrogen-bond acceptors (Lipinski definition) is 9. The Bertz CT molecular complexity index is 1510. The Labute approximate surface area is 186 Å². The highest BCUT2D eigenvalue weighted by atomic mass is 32.2. The maximum atomic E-state index is 12.9. The smallest absolute Gasteiger partial charge is 0.413 e. The van der Waals surface area contributed by atoms with Crippen molar-refractivity contribution in [1.29, 1.82) is 0 Å². The van der Waals surface area contributed by atoms with E-state index >= 15 is 0 Å². The summed E-state index contributed by atoms with van der Waals surface area (Å²) in [5.74, 6) is 0.281. The topological polar surface area (TPSA) is 149 Å². The monoisotopic (exact) mass is 476 g/mol. The maximum absolute atomic E-state index is 12.9. The Morgan fingerprint density at radius 1 is 1.28 bits per heavy atom. The molecule has 4 heterocycles. The van der Waals surface area contributed by atoms with Gasteiger partial charge in [0.1, 0.15) is 16.9 Å². The van der Waals surface area contributed by atoms with E-state index in [9.17, 15) is 18.0 Å². The second kappa shape index (κ2) is 7.67. The molecule has 4 aromatic rings. The van der Waals surface area contributed by atoms with Crippen LogP contribution >= 0.6 is 11.3 Å². The fourth-order valence-corrected chi connectivity index (χ4v) is 4.82. The van der Waals surface area contributed by atoms with Gasteiger partial charge in [-0.05, 0) is 32.9 Å². The summed E-state index contributed by atoms with van der Waals surface area (Å²) < 4.78 is 30.4. The predicted molar refractivity (Wildman–Crippen MR) is 120 cm³/mol. The van der Waals surface area contributed by atoms with Crippen molar-refractivity contribution in [2.45, 2.75) is 37.3 Å². The van der Waals surface area contributed by atoms with E-state index < -0.39 is 27.1 Å². The zero-order valence-corrected chi connectivity index (χ0v) is 19.3. The van der Waals surface area contributed by atoms with Crippen molar-refractivity contribution < 1.29 is 17.9 Å². The van der Waals surface area contributed by atoms with Crippen LogP contribution in [0.1, 0.15) is 26.5 Å². The molecule has 2 N–H and O–H groups in total. The lowest BCUT2D eigenvalue weighted by molar-refractivity contribution is 0.0635. The molecule has 0 aliphatic rings. The van der Waals surface area contributed by atoms with Gasteiger partial charge in [-0.2, -0.15) is 5.10 Å². The summed E-state index contributed by atoms with van der Waals surface area (Å²) in [4.78, 5) is 36.2. The third kappa shape index (κ3) is 4.48. The maximum Gasteiger partial charge on any atom is 0.413 e. The van der Waals surface area contributed by atoms with Gasteiger partial charge in [-0.1, -0.05) is 6.07 Å². The Morgan fingerprint density at radius 3 is 2.72 bits per heavy atom. The first kappa shape index (κ1) is 21.9. The number of sulfone groups is 1. The van der Waals surface area contributed by atoms with E-state index in [2.05, 4.69) is 25.4 Å². The first-order valence-corrected chi connectivity index (χ1v) is 12.2. The summed E-state index contributed by atoms with van der Waals surface area (Å²) in [5, 5.41) is 7.26. The fraction of sp³-hybridized carbons (Fsp3) is 0.316. The molecule has 0 bridgehead atoms. The number of anilines is 1. The van der Waals surface area contributed by atoms with Crippen molar-refractivity contribution in [3.8, 4) is 0 Å². The number of nitrogens with one attached hydrogen (secondary N) is 2. The Balaban J connectivity index is 1.61. The number of pyridine rings is 1. The van der Waals surface area contributed by atoms with E-state index in [-0.39, 0.29) is 22.2 Å². The van der Waals surface area contributed by atoms with Gasteiger partial charge < -0.3 is 9.72 Å². The molecule has 0 spiro atoms. The highest BCUT2D eigenvalue weighted by Crippen LogP contribution is 2.30. The van der Waals surface area contributed by atoms with Gasteiger partial charge in [-0.3, -0.25) is 10.1 Å². The van der Waals surface area contributed by atoms with Crippen LogP contribution in [0.2, 0.25) is 0 Å². The van der Waals surface area contributed by atoms with Crippen molar-refractivity contribution in [1.82, 2.24) is 24.7 Å². The molecule has 0 aliphatic heterocycles. The second-order valence-electron chi connectivity index (χ2n) is 8.09. The molecule has 0 fully saturated rings. The molecule has 0 radical (unpaired) electrons. The summed E-state index contributed by atoms with van der Waals surface area (Å²) >= 11 is 0.987. The van der Waals surface area contributed by atoms with Crippen LogP contribution in [0.25, 0.3) is 21.3 Å². The summed E-state index contributed by atoms with van der Waals surface area (Å²) in [6, 6.07) is 5.00. The van der Waals surface area contributed by atoms with Crippen LogP contribution < -0.4 is 10.9 Å². The minimum absolute atomic E-state index is 0.0247. The van der Waals surface area contributed by atoms with Crippen LogP contribution in [0.15, 0.2) is 33.5 Å². The number of aromatic amines is 1. The lowest BCUT2D eigenvalue weighted by Crippen LogP contribution is -2.27. The highest BCUT2D eigenvalue weighted by Gasteiger charge is 2.20. The third-order valence-electron chi connectivity index (χ3n) is 4.20. The minimum atomic E-state index is -3.45. The molecule has 11 nitrogen and oxygen atoms in total. The van der Waals surface area contributed by atoms with E-state index in [1.165, 1.54) is 10.9 Å². The Morgan fingerprint density at radius 2 is 2.03 bits per heavy atom. The number of thiazole rings is 1. The number of amides is 1. The highest BCUT2D eigenvalue weighted by molar-refractivity contribution is 7.92. The van der Waals surface area contributed by atoms with E-state index in [0.29, 0.717) is 21.4 Å². The van der Waals surface area contributed by atoms with Crippen LogP contribution in [0.4, 0.5) is 10.6 Å². The van der Waals surface area contributed by atoms with E-state index in [4.69, 9.17) is 4.74 Å². The molecule has 4 rings (SSSR count). The average molecular weight is 477 g/mol. The third-order valence-corrected chi connectivity index (χ3v) is 6.97. The number of nitrogens with zero attached hydrogens (tertiary/aromatic N) is 4. The number of fused-ring (bicyclic) bond motifs is 3. The number of aromatic nitrogens is 5. The molecule has 0 aromatic carbocycles. The van der Waals surface area contributed by atoms with Gasteiger partial charge >= 0.3 is 6.09 Å². The number of carbonyl (C=O) groups excluding carboxylic acids is 1. The lowest BCUT2D eigenvalue weighted by Gasteiger charge is -2.19. The van der Waals surface area contributed by atoms with Crippen molar-refractivity contribution >= 4 is 54.3 Å². The summed E-state index contributed by atoms with van der Waals surface area (Å²) in [5.41, 5.74) is 0.0505. The largest absolute Gasteiger partial charge is 0.444 e. The van der Waals surface area contributed by atoms with Gasteiger partial charge in [0.05, 0.1) is 23.1 Å². The fourth-order valence-electron chi connectivity index (χ4n) is 2.94. The standard InChI is InChI=1S/C19H20N6O5S2/c1-19(2,3)30-17(27)22-12-7-5-6-10(21-12)9-25-16(26)13-11(8-20-25)14-15(23-13)24-18(31-14)32(4,28)29/h5-8,23H,9H2,1-4H3,(H,21,22,27). The Hall–Kier alpha value is -3.32. The van der Waals surface area contributed by atoms with Crippen molar-refractivity contribution in [2.75, 3.05) is 11.6 Å². The number of ether oxygens (including phenoxy) is 1. The summed E-state index contributed by atoms with van der Waals surface area (Å²) in [6.45, 7) is 5.33. The van der Waals surface area contributed by atoms with Gasteiger partial charge in [0.25, 0.3) is 5.56 Å². The van der Waals surface area contributed by atoms with Crippen LogP contribution in [0, 0.1) is 0 Å². The van der Waals surface area contributed by atoms with Gasteiger partial charge in [-0.15, -0.1) is 11.3 Å². The number of hydrogen-bond donors (Lipinski definition) is 2. The van der Waals surface area contributed by atoms with Crippen LogP contribution in [-0.4, -0.2) is 51.1 Å². The van der Waals surface area contributed by atoms with Gasteiger partial charge in [-0.25, -0.2) is 27.9 Å². The first-order chi connectivity index (χ1) is 14.9. The molecule has 0 saturated heterocycles. The Kier molecular flexibility index (Phi) is 5.25. The number of H-pyrrole nitrogens is 1. The normalized spacial score (nSPS) is 12.4. The molecule has 0 saturated carbocycles. The van der Waals surface area contributed by atoms with Crippen molar-refractivity contribution in [3.05, 3.63) is 40.4 Å². The average Bonchev–Trinajstić information content (AvgIpc) is 3.21. The number of rotatable bonds is 4. The molecule has 4 aromatic heterocycles. The zero-order chi connectivity index (χ0) is 23.3. The molecule has 0 unspecified atom stereocenters. The predicted octanol–water partition coefficient (Wildman–Crippen LogP) is 2.53. The van der Waals surface area contributed by atoms with Crippen molar-refractivity contribution in [2.24, 2.45) is 0 Å². The molecule has 0 atom stereocenters. The van der Waals surface area contributed by atoms with E-state index in [1.54, 1.807) is 39.0 Å².